The molecule has 96 valence electrons. The van der Waals surface area contributed by atoms with Crippen LogP contribution in [-0.2, 0) is 4.79 Å². The third-order valence-electron chi connectivity index (χ3n) is 2.94. The Hall–Kier alpha value is -1.89. The maximum Gasteiger partial charge on any atom is 0.237 e. The lowest BCUT2D eigenvalue weighted by molar-refractivity contribution is -0.124. The Morgan fingerprint density at radius 2 is 2.22 bits per heavy atom. The first-order valence-electron chi connectivity index (χ1n) is 5.95. The number of aryl methyl sites for hydroxylation is 1. The van der Waals surface area contributed by atoms with Gasteiger partial charge in [0, 0.05) is 0 Å². The van der Waals surface area contributed by atoms with Gasteiger partial charge in [-0.25, -0.2) is 4.39 Å². The minimum atomic E-state index is -0.650. The van der Waals surface area contributed by atoms with E-state index in [1.165, 1.54) is 6.07 Å². The molecule has 4 heteroatoms. The van der Waals surface area contributed by atoms with Crippen LogP contribution in [0.4, 0.5) is 4.39 Å². The summed E-state index contributed by atoms with van der Waals surface area (Å²) in [5.41, 5.74) is 1.26. The molecule has 2 unspecified atom stereocenters. The van der Waals surface area contributed by atoms with Gasteiger partial charge in [0.2, 0.25) is 5.91 Å². The van der Waals surface area contributed by atoms with Crippen molar-refractivity contribution in [2.75, 3.05) is 0 Å². The smallest absolute Gasteiger partial charge is 0.237 e. The van der Waals surface area contributed by atoms with Crippen LogP contribution in [-0.4, -0.2) is 5.91 Å². The largest absolute Gasteiger partial charge is 0.348 e. The maximum absolute atomic E-state index is 13.4. The second-order valence-electron chi connectivity index (χ2n) is 4.33. The fourth-order valence-corrected chi connectivity index (χ4v) is 1.61. The normalized spacial score (nSPS) is 13.5. The van der Waals surface area contributed by atoms with Crippen LogP contribution in [0, 0.1) is 30.0 Å². The zero-order valence-corrected chi connectivity index (χ0v) is 10.8. The molecule has 2 atom stereocenters. The highest BCUT2D eigenvalue weighted by Crippen LogP contribution is 2.17. The van der Waals surface area contributed by atoms with Crippen molar-refractivity contribution in [3.63, 3.8) is 0 Å². The number of benzene rings is 1. The van der Waals surface area contributed by atoms with Crippen molar-refractivity contribution in [3.8, 4) is 6.07 Å². The van der Waals surface area contributed by atoms with Gasteiger partial charge in [0.05, 0.1) is 12.1 Å². The summed E-state index contributed by atoms with van der Waals surface area (Å²) in [6.07, 6.45) is 0.470. The Morgan fingerprint density at radius 3 is 2.72 bits per heavy atom. The fraction of sp³-hybridized carbons (Fsp3) is 0.429. The van der Waals surface area contributed by atoms with E-state index in [1.807, 2.05) is 6.07 Å². The lowest BCUT2D eigenvalue weighted by Gasteiger charge is -2.16. The lowest BCUT2D eigenvalue weighted by Crippen LogP contribution is -2.32. The zero-order chi connectivity index (χ0) is 13.7. The molecule has 0 radical (unpaired) electrons. The molecule has 0 aliphatic heterocycles. The van der Waals surface area contributed by atoms with Crippen LogP contribution in [0.2, 0.25) is 0 Å². The van der Waals surface area contributed by atoms with Gasteiger partial charge in [0.1, 0.15) is 11.7 Å². The highest BCUT2D eigenvalue weighted by atomic mass is 19.1. The monoisotopic (exact) mass is 248 g/mol. The molecule has 0 spiro atoms. The minimum absolute atomic E-state index is 0.291. The fourth-order valence-electron chi connectivity index (χ4n) is 1.61. The van der Waals surface area contributed by atoms with E-state index < -0.39 is 5.92 Å². The van der Waals surface area contributed by atoms with Gasteiger partial charge in [0.15, 0.2) is 0 Å². The molecule has 0 saturated heterocycles. The van der Waals surface area contributed by atoms with Crippen LogP contribution in [0.25, 0.3) is 0 Å². The van der Waals surface area contributed by atoms with Crippen molar-refractivity contribution in [3.05, 3.63) is 35.1 Å². The van der Waals surface area contributed by atoms with E-state index in [0.717, 1.165) is 0 Å². The van der Waals surface area contributed by atoms with Crippen LogP contribution in [0.15, 0.2) is 18.2 Å². The molecule has 0 aliphatic rings. The Bertz CT molecular complexity index is 479. The van der Waals surface area contributed by atoms with Gasteiger partial charge < -0.3 is 5.32 Å². The summed E-state index contributed by atoms with van der Waals surface area (Å²) in [5.74, 6) is -1.25. The number of amides is 1. The number of hydrogen-bond donors (Lipinski definition) is 1. The zero-order valence-electron chi connectivity index (χ0n) is 10.8. The summed E-state index contributed by atoms with van der Waals surface area (Å²) >= 11 is 0. The van der Waals surface area contributed by atoms with Gasteiger partial charge in [-0.3, -0.25) is 4.79 Å². The molecule has 0 heterocycles. The van der Waals surface area contributed by atoms with E-state index in [-0.39, 0.29) is 17.8 Å². The molecule has 1 N–H and O–H groups in total. The molecule has 18 heavy (non-hydrogen) atoms. The van der Waals surface area contributed by atoms with Gasteiger partial charge in [-0.2, -0.15) is 5.26 Å². The first-order valence-corrected chi connectivity index (χ1v) is 5.95. The quantitative estimate of drug-likeness (QED) is 0.890. The molecule has 3 nitrogen and oxygen atoms in total. The molecule has 0 aliphatic carbocycles. The molecule has 1 rings (SSSR count). The van der Waals surface area contributed by atoms with E-state index in [4.69, 9.17) is 5.26 Å². The van der Waals surface area contributed by atoms with Crippen molar-refractivity contribution in [1.82, 2.24) is 5.32 Å². The summed E-state index contributed by atoms with van der Waals surface area (Å²) in [7, 11) is 0. The summed E-state index contributed by atoms with van der Waals surface area (Å²) in [5, 5.41) is 11.5. The highest BCUT2D eigenvalue weighted by molar-refractivity contribution is 5.81. The summed E-state index contributed by atoms with van der Waals surface area (Å²) in [6, 6.07) is 6.49. The number of nitrogens with one attached hydrogen (secondary N) is 1. The predicted octanol–water partition coefficient (Wildman–Crippen LogP) is 2.86. The maximum atomic E-state index is 13.4. The number of carbonyl (C=O) groups excluding carboxylic acids is 1. The Balaban J connectivity index is 2.76. The van der Waals surface area contributed by atoms with Gasteiger partial charge in [-0.15, -0.1) is 0 Å². The predicted molar refractivity (Wildman–Crippen MR) is 67.1 cm³/mol. The van der Waals surface area contributed by atoms with E-state index in [9.17, 15) is 9.18 Å². The van der Waals surface area contributed by atoms with E-state index >= 15 is 0 Å². The molecule has 1 aromatic carbocycles. The molecular weight excluding hydrogens is 231 g/mol. The third-order valence-corrected chi connectivity index (χ3v) is 2.94. The molecule has 0 fully saturated rings. The van der Waals surface area contributed by atoms with Crippen LogP contribution in [0.5, 0.6) is 0 Å². The average Bonchev–Trinajstić information content (AvgIpc) is 2.34. The molecule has 0 bridgehead atoms. The SMILES string of the molecule is CCC(C#N)C(=O)NC(C)c1ccc(C)c(F)c1. The second-order valence-corrected chi connectivity index (χ2v) is 4.33. The van der Waals surface area contributed by atoms with Crippen molar-refractivity contribution < 1.29 is 9.18 Å². The van der Waals surface area contributed by atoms with Gasteiger partial charge in [-0.05, 0) is 37.5 Å². The molecule has 0 aromatic heterocycles. The molecule has 1 amide bonds. The lowest BCUT2D eigenvalue weighted by atomic mass is 10.0. The Kier molecular flexibility index (Phi) is 4.85. The van der Waals surface area contributed by atoms with E-state index in [2.05, 4.69) is 5.32 Å². The van der Waals surface area contributed by atoms with E-state index in [1.54, 1.807) is 32.9 Å². The van der Waals surface area contributed by atoms with Crippen molar-refractivity contribution in [2.45, 2.75) is 33.2 Å². The first kappa shape index (κ1) is 14.2. The van der Waals surface area contributed by atoms with Gasteiger partial charge in [-0.1, -0.05) is 19.1 Å². The number of rotatable bonds is 4. The van der Waals surface area contributed by atoms with Crippen LogP contribution in [0.1, 0.15) is 37.4 Å². The van der Waals surface area contributed by atoms with Gasteiger partial charge in [0.25, 0.3) is 0 Å². The molecule has 0 saturated carbocycles. The summed E-state index contributed by atoms with van der Waals surface area (Å²) in [4.78, 5) is 11.7. The third kappa shape index (κ3) is 3.30. The van der Waals surface area contributed by atoms with Gasteiger partial charge >= 0.3 is 0 Å². The average molecular weight is 248 g/mol. The first-order chi connectivity index (χ1) is 8.49. The minimum Gasteiger partial charge on any atom is -0.348 e. The summed E-state index contributed by atoms with van der Waals surface area (Å²) in [6.45, 7) is 5.24. The number of hydrogen-bond acceptors (Lipinski definition) is 2. The summed E-state index contributed by atoms with van der Waals surface area (Å²) < 4.78 is 13.4. The number of halogens is 1. The number of carbonyl (C=O) groups is 1. The number of nitriles is 1. The molecular formula is C14H17FN2O. The second kappa shape index (κ2) is 6.15. The van der Waals surface area contributed by atoms with Crippen molar-refractivity contribution in [2.24, 2.45) is 5.92 Å². The van der Waals surface area contributed by atoms with Crippen LogP contribution in [0.3, 0.4) is 0 Å². The van der Waals surface area contributed by atoms with E-state index in [0.29, 0.717) is 17.5 Å². The van der Waals surface area contributed by atoms with Crippen LogP contribution < -0.4 is 5.32 Å². The Morgan fingerprint density at radius 1 is 1.56 bits per heavy atom. The standard InChI is InChI=1S/C14H17FN2O/c1-4-11(8-16)14(18)17-10(3)12-6-5-9(2)13(15)7-12/h5-7,10-11H,4H2,1-3H3,(H,17,18). The number of nitrogens with zero attached hydrogens (tertiary/aromatic N) is 1. The Labute approximate surface area is 107 Å². The van der Waals surface area contributed by atoms with Crippen molar-refractivity contribution >= 4 is 5.91 Å². The van der Waals surface area contributed by atoms with Crippen LogP contribution >= 0.6 is 0 Å². The molecule has 1 aromatic rings. The topological polar surface area (TPSA) is 52.9 Å². The van der Waals surface area contributed by atoms with Crippen molar-refractivity contribution in [1.29, 1.82) is 5.26 Å². The highest BCUT2D eigenvalue weighted by Gasteiger charge is 2.18.